The summed E-state index contributed by atoms with van der Waals surface area (Å²) in [5.74, 6) is 0.628. The van der Waals surface area contributed by atoms with Gasteiger partial charge in [-0.05, 0) is 56.4 Å². The lowest BCUT2D eigenvalue weighted by Crippen LogP contribution is -2.46. The van der Waals surface area contributed by atoms with Gasteiger partial charge in [0.05, 0.1) is 11.1 Å². The minimum absolute atomic E-state index is 0. The van der Waals surface area contributed by atoms with Crippen LogP contribution in [0.15, 0.2) is 22.7 Å². The minimum atomic E-state index is 0. The summed E-state index contributed by atoms with van der Waals surface area (Å²) in [6.07, 6.45) is 4.34. The zero-order valence-corrected chi connectivity index (χ0v) is 17.9. The maximum atomic E-state index is 13.3. The highest BCUT2D eigenvalue weighted by atomic mass is 79.9. The molecule has 4 rings (SSSR count). The second-order valence-corrected chi connectivity index (χ2v) is 8.00. The van der Waals surface area contributed by atoms with E-state index in [1.165, 1.54) is 12.8 Å². The van der Waals surface area contributed by atoms with Crippen LogP contribution in [0.25, 0.3) is 10.9 Å². The molecule has 2 fully saturated rings. The number of fused-ring (bicyclic) bond motifs is 1. The Morgan fingerprint density at radius 2 is 2.00 bits per heavy atom. The number of piperidine rings is 1. The smallest absolute Gasteiger partial charge is 0.254 e. The largest absolute Gasteiger partial charge is 0.337 e. The lowest BCUT2D eigenvalue weighted by atomic mass is 9.97. The van der Waals surface area contributed by atoms with E-state index in [1.807, 2.05) is 23.1 Å². The van der Waals surface area contributed by atoms with Gasteiger partial charge in [0.1, 0.15) is 0 Å². The molecule has 1 aromatic heterocycles. The van der Waals surface area contributed by atoms with Gasteiger partial charge in [0.2, 0.25) is 0 Å². The highest BCUT2D eigenvalue weighted by Gasteiger charge is 2.32. The molecule has 1 aliphatic carbocycles. The third-order valence-corrected chi connectivity index (χ3v) is 5.64. The summed E-state index contributed by atoms with van der Waals surface area (Å²) in [6, 6.07) is 6.10. The molecule has 4 nitrogen and oxygen atoms in total. The summed E-state index contributed by atoms with van der Waals surface area (Å²) in [7, 11) is 0. The maximum absolute atomic E-state index is 13.3. The van der Waals surface area contributed by atoms with E-state index in [0.29, 0.717) is 12.5 Å². The Morgan fingerprint density at radius 3 is 2.65 bits per heavy atom. The molecule has 0 spiro atoms. The fraction of sp³-hybridized carbons (Fsp3) is 0.474. The molecule has 1 unspecified atom stereocenters. The summed E-state index contributed by atoms with van der Waals surface area (Å²) in [4.78, 5) is 20.1. The average molecular weight is 461 g/mol. The predicted octanol–water partition coefficient (Wildman–Crippen LogP) is 4.59. The number of nitrogens with two attached hydrogens (primary N) is 1. The van der Waals surface area contributed by atoms with E-state index in [4.69, 9.17) is 10.7 Å². The predicted molar refractivity (Wildman–Crippen MR) is 114 cm³/mol. The molecule has 0 radical (unpaired) electrons. The van der Waals surface area contributed by atoms with Crippen molar-refractivity contribution in [3.8, 4) is 0 Å². The molecule has 1 saturated carbocycles. The van der Waals surface area contributed by atoms with Crippen molar-refractivity contribution in [1.82, 2.24) is 9.88 Å². The molecule has 1 aliphatic heterocycles. The topological polar surface area (TPSA) is 59.2 Å². The first-order valence-electron chi connectivity index (χ1n) is 8.69. The quantitative estimate of drug-likeness (QED) is 0.712. The minimum Gasteiger partial charge on any atom is -0.337 e. The van der Waals surface area contributed by atoms with E-state index in [2.05, 4.69) is 22.9 Å². The number of amides is 1. The Morgan fingerprint density at radius 1 is 1.27 bits per heavy atom. The Kier molecular flexibility index (Phi) is 6.94. The van der Waals surface area contributed by atoms with Crippen LogP contribution in [0, 0.1) is 6.92 Å². The summed E-state index contributed by atoms with van der Waals surface area (Å²) < 4.78 is 0.972. The number of aromatic nitrogens is 1. The Bertz CT molecular complexity index is 826. The molecular formula is C19H24BrCl2N3O. The summed E-state index contributed by atoms with van der Waals surface area (Å²) in [5, 5.41) is 0.940. The number of pyridine rings is 1. The van der Waals surface area contributed by atoms with Crippen LogP contribution in [0.3, 0.4) is 0 Å². The van der Waals surface area contributed by atoms with Gasteiger partial charge in [-0.25, -0.2) is 0 Å². The molecule has 1 amide bonds. The first kappa shape index (κ1) is 21.4. The normalized spacial score (nSPS) is 19.7. The zero-order chi connectivity index (χ0) is 16.8. The molecule has 2 aliphatic rings. The zero-order valence-electron chi connectivity index (χ0n) is 14.7. The standard InChI is InChI=1S/C19H22BrN3O.2ClH/c1-11-17(19(24)23-8-2-3-14(21)10-23)15-9-13(20)6-7-16(15)22-18(11)12-4-5-12;;/h6-7,9,12,14H,2-5,8,10,21H2,1H3;2*1H. The Balaban J connectivity index is 0.00000121. The first-order valence-corrected chi connectivity index (χ1v) is 9.48. The van der Waals surface area contributed by atoms with Gasteiger partial charge in [-0.15, -0.1) is 24.8 Å². The highest BCUT2D eigenvalue weighted by Crippen LogP contribution is 2.42. The molecule has 142 valence electrons. The number of rotatable bonds is 2. The van der Waals surface area contributed by atoms with Crippen LogP contribution >= 0.6 is 40.7 Å². The van der Waals surface area contributed by atoms with E-state index in [1.54, 1.807) is 0 Å². The van der Waals surface area contributed by atoms with Crippen LogP contribution in [0.4, 0.5) is 0 Å². The van der Waals surface area contributed by atoms with Crippen molar-refractivity contribution >= 4 is 57.6 Å². The van der Waals surface area contributed by atoms with Crippen molar-refractivity contribution < 1.29 is 4.79 Å². The van der Waals surface area contributed by atoms with Gasteiger partial charge in [-0.3, -0.25) is 9.78 Å². The maximum Gasteiger partial charge on any atom is 0.254 e. The number of carbonyl (C=O) groups is 1. The second kappa shape index (κ2) is 8.42. The molecule has 2 N–H and O–H groups in total. The van der Waals surface area contributed by atoms with Crippen molar-refractivity contribution in [3.63, 3.8) is 0 Å². The van der Waals surface area contributed by atoms with Gasteiger partial charge >= 0.3 is 0 Å². The third kappa shape index (κ3) is 4.01. The number of nitrogens with zero attached hydrogens (tertiary/aromatic N) is 2. The van der Waals surface area contributed by atoms with Crippen molar-refractivity contribution in [3.05, 3.63) is 39.5 Å². The number of carbonyl (C=O) groups excluding carboxylic acids is 1. The van der Waals surface area contributed by atoms with Crippen molar-refractivity contribution in [1.29, 1.82) is 0 Å². The lowest BCUT2D eigenvalue weighted by Gasteiger charge is -2.31. The van der Waals surface area contributed by atoms with Gasteiger partial charge in [-0.1, -0.05) is 15.9 Å². The number of hydrogen-bond donors (Lipinski definition) is 1. The number of halogens is 3. The molecule has 1 atom stereocenters. The SMILES string of the molecule is Cc1c(C2CC2)nc2ccc(Br)cc2c1C(=O)N1CCCC(N)C1.Cl.Cl. The molecule has 2 aromatic rings. The molecule has 1 saturated heterocycles. The summed E-state index contributed by atoms with van der Waals surface area (Å²) in [5.41, 5.74) is 9.97. The van der Waals surface area contributed by atoms with Crippen LogP contribution in [0.1, 0.15) is 53.2 Å². The van der Waals surface area contributed by atoms with Crippen molar-refractivity contribution in [2.24, 2.45) is 5.73 Å². The fourth-order valence-electron chi connectivity index (χ4n) is 3.73. The van der Waals surface area contributed by atoms with Crippen LogP contribution in [-0.2, 0) is 0 Å². The van der Waals surface area contributed by atoms with Crippen LogP contribution in [-0.4, -0.2) is 34.9 Å². The van der Waals surface area contributed by atoms with Gasteiger partial charge in [0.15, 0.2) is 0 Å². The van der Waals surface area contributed by atoms with Crippen LogP contribution in [0.2, 0.25) is 0 Å². The number of benzene rings is 1. The molecule has 0 bridgehead atoms. The van der Waals surface area contributed by atoms with Gasteiger partial charge < -0.3 is 10.6 Å². The molecule has 26 heavy (non-hydrogen) atoms. The molecule has 7 heteroatoms. The third-order valence-electron chi connectivity index (χ3n) is 5.15. The van der Waals surface area contributed by atoms with E-state index < -0.39 is 0 Å². The van der Waals surface area contributed by atoms with E-state index >= 15 is 0 Å². The molecular weight excluding hydrogens is 437 g/mol. The van der Waals surface area contributed by atoms with E-state index in [0.717, 1.165) is 51.6 Å². The van der Waals surface area contributed by atoms with Gasteiger partial charge in [-0.2, -0.15) is 0 Å². The van der Waals surface area contributed by atoms with E-state index in [9.17, 15) is 4.79 Å². The molecule has 2 heterocycles. The average Bonchev–Trinajstić information content (AvgIpc) is 3.38. The Hall–Kier alpha value is -0.880. The van der Waals surface area contributed by atoms with Crippen molar-refractivity contribution in [2.45, 2.75) is 44.6 Å². The fourth-order valence-corrected chi connectivity index (χ4v) is 4.09. The highest BCUT2D eigenvalue weighted by molar-refractivity contribution is 9.10. The summed E-state index contributed by atoms with van der Waals surface area (Å²) in [6.45, 7) is 3.50. The second-order valence-electron chi connectivity index (χ2n) is 7.09. The molecule has 1 aromatic carbocycles. The number of hydrogen-bond acceptors (Lipinski definition) is 3. The lowest BCUT2D eigenvalue weighted by molar-refractivity contribution is 0.0710. The van der Waals surface area contributed by atoms with Crippen LogP contribution < -0.4 is 5.73 Å². The first-order chi connectivity index (χ1) is 11.5. The van der Waals surface area contributed by atoms with E-state index in [-0.39, 0.29) is 36.8 Å². The van der Waals surface area contributed by atoms with Gasteiger partial charge in [0.25, 0.3) is 5.91 Å². The monoisotopic (exact) mass is 459 g/mol. The summed E-state index contributed by atoms with van der Waals surface area (Å²) >= 11 is 3.53. The Labute approximate surface area is 174 Å². The van der Waals surface area contributed by atoms with Gasteiger partial charge in [0, 0.05) is 40.6 Å². The van der Waals surface area contributed by atoms with Crippen LogP contribution in [0.5, 0.6) is 0 Å². The van der Waals surface area contributed by atoms with Crippen molar-refractivity contribution in [2.75, 3.05) is 13.1 Å². The number of likely N-dealkylation sites (tertiary alicyclic amines) is 1.